The van der Waals surface area contributed by atoms with Gasteiger partial charge in [-0.1, -0.05) is 6.42 Å². The number of aliphatic carboxylic acids is 1. The Labute approximate surface area is 108 Å². The Kier molecular flexibility index (Phi) is 4.59. The van der Waals surface area contributed by atoms with Gasteiger partial charge in [-0.2, -0.15) is 0 Å². The van der Waals surface area contributed by atoms with E-state index in [1.807, 2.05) is 0 Å². The van der Waals surface area contributed by atoms with Crippen molar-refractivity contribution in [2.24, 2.45) is 11.7 Å². The first-order valence-corrected chi connectivity index (χ1v) is 6.84. The standard InChI is InChI=1S/C13H23NO4/c14-13(12(15)16)6-1-2-10(13)3-9-18-11-4-7-17-8-5-11/h10-11H,1-9,14H2,(H,15,16). The molecule has 1 saturated heterocycles. The van der Waals surface area contributed by atoms with Crippen LogP contribution in [0.25, 0.3) is 0 Å². The minimum absolute atomic E-state index is 0.0508. The molecule has 2 atom stereocenters. The zero-order chi connectivity index (χ0) is 13.0. The van der Waals surface area contributed by atoms with E-state index < -0.39 is 11.5 Å². The lowest BCUT2D eigenvalue weighted by Crippen LogP contribution is -2.51. The molecule has 1 aliphatic carbocycles. The van der Waals surface area contributed by atoms with Crippen molar-refractivity contribution in [1.29, 1.82) is 0 Å². The van der Waals surface area contributed by atoms with Gasteiger partial charge in [0, 0.05) is 19.8 Å². The van der Waals surface area contributed by atoms with Crippen LogP contribution in [0.4, 0.5) is 0 Å². The lowest BCUT2D eigenvalue weighted by atomic mass is 9.86. The van der Waals surface area contributed by atoms with Gasteiger partial charge in [0.25, 0.3) is 0 Å². The lowest BCUT2D eigenvalue weighted by molar-refractivity contribution is -0.145. The molecule has 0 bridgehead atoms. The third kappa shape index (κ3) is 3.02. The van der Waals surface area contributed by atoms with E-state index in [-0.39, 0.29) is 12.0 Å². The Hall–Kier alpha value is -0.650. The molecule has 2 unspecified atom stereocenters. The topological polar surface area (TPSA) is 81.8 Å². The first-order chi connectivity index (χ1) is 8.63. The summed E-state index contributed by atoms with van der Waals surface area (Å²) in [5.41, 5.74) is 4.96. The van der Waals surface area contributed by atoms with Crippen LogP contribution in [0.5, 0.6) is 0 Å². The Morgan fingerprint density at radius 3 is 2.78 bits per heavy atom. The molecule has 1 heterocycles. The van der Waals surface area contributed by atoms with Crippen LogP contribution in [-0.4, -0.2) is 42.5 Å². The summed E-state index contributed by atoms with van der Waals surface area (Å²) < 4.78 is 11.1. The van der Waals surface area contributed by atoms with E-state index in [4.69, 9.17) is 15.2 Å². The van der Waals surface area contributed by atoms with Gasteiger partial charge in [-0.15, -0.1) is 0 Å². The molecule has 5 nitrogen and oxygen atoms in total. The monoisotopic (exact) mass is 257 g/mol. The highest BCUT2D eigenvalue weighted by molar-refractivity contribution is 5.79. The first-order valence-electron chi connectivity index (χ1n) is 6.84. The van der Waals surface area contributed by atoms with Crippen molar-refractivity contribution in [1.82, 2.24) is 0 Å². The molecule has 0 aromatic heterocycles. The Bertz CT molecular complexity index is 291. The number of carboxylic acid groups (broad SMARTS) is 1. The highest BCUT2D eigenvalue weighted by Crippen LogP contribution is 2.36. The molecular formula is C13H23NO4. The quantitative estimate of drug-likeness (QED) is 0.772. The molecule has 0 radical (unpaired) electrons. The average Bonchev–Trinajstić information content (AvgIpc) is 2.74. The van der Waals surface area contributed by atoms with Gasteiger partial charge in [-0.25, -0.2) is 0 Å². The highest BCUT2D eigenvalue weighted by Gasteiger charge is 2.45. The third-order valence-electron chi connectivity index (χ3n) is 4.26. The van der Waals surface area contributed by atoms with Gasteiger partial charge in [0.2, 0.25) is 0 Å². The van der Waals surface area contributed by atoms with E-state index in [1.165, 1.54) is 0 Å². The molecule has 1 saturated carbocycles. The van der Waals surface area contributed by atoms with Crippen LogP contribution in [0.3, 0.4) is 0 Å². The normalized spacial score (nSPS) is 33.7. The second-order valence-corrected chi connectivity index (χ2v) is 5.41. The van der Waals surface area contributed by atoms with Crippen molar-refractivity contribution in [2.45, 2.75) is 50.2 Å². The van der Waals surface area contributed by atoms with Gasteiger partial charge < -0.3 is 20.3 Å². The maximum Gasteiger partial charge on any atom is 0.323 e. The SMILES string of the molecule is NC1(C(=O)O)CCCC1CCOC1CCOCC1. The zero-order valence-corrected chi connectivity index (χ0v) is 10.8. The summed E-state index contributed by atoms with van der Waals surface area (Å²) in [5, 5.41) is 9.21. The number of rotatable bonds is 5. The minimum Gasteiger partial charge on any atom is -0.480 e. The summed E-state index contributed by atoms with van der Waals surface area (Å²) in [6, 6.07) is 0. The molecule has 2 aliphatic rings. The number of hydrogen-bond donors (Lipinski definition) is 2. The molecule has 104 valence electrons. The largest absolute Gasteiger partial charge is 0.480 e. The summed E-state index contributed by atoms with van der Waals surface area (Å²) in [5.74, 6) is -0.814. The molecule has 3 N–H and O–H groups in total. The van der Waals surface area contributed by atoms with E-state index in [0.717, 1.165) is 45.3 Å². The van der Waals surface area contributed by atoms with Crippen molar-refractivity contribution >= 4 is 5.97 Å². The third-order valence-corrected chi connectivity index (χ3v) is 4.26. The number of nitrogens with two attached hydrogens (primary N) is 1. The summed E-state index contributed by atoms with van der Waals surface area (Å²) >= 11 is 0. The van der Waals surface area contributed by atoms with Crippen molar-refractivity contribution in [2.75, 3.05) is 19.8 Å². The van der Waals surface area contributed by atoms with Crippen LogP contribution in [0.2, 0.25) is 0 Å². The molecule has 18 heavy (non-hydrogen) atoms. The molecule has 2 rings (SSSR count). The fourth-order valence-corrected chi connectivity index (χ4v) is 3.01. The van der Waals surface area contributed by atoms with Crippen LogP contribution >= 0.6 is 0 Å². The van der Waals surface area contributed by atoms with Gasteiger partial charge in [-0.3, -0.25) is 4.79 Å². The predicted octanol–water partition coefficient (Wildman–Crippen LogP) is 1.15. The summed E-state index contributed by atoms with van der Waals surface area (Å²) in [6.07, 6.45) is 5.31. The summed E-state index contributed by atoms with van der Waals surface area (Å²) in [6.45, 7) is 2.15. The van der Waals surface area contributed by atoms with Crippen LogP contribution in [-0.2, 0) is 14.3 Å². The number of hydrogen-bond acceptors (Lipinski definition) is 4. The highest BCUT2D eigenvalue weighted by atomic mass is 16.5. The Morgan fingerprint density at radius 2 is 2.11 bits per heavy atom. The molecule has 0 aromatic rings. The Balaban J connectivity index is 1.74. The van der Waals surface area contributed by atoms with Crippen molar-refractivity contribution in [3.8, 4) is 0 Å². The van der Waals surface area contributed by atoms with Crippen LogP contribution < -0.4 is 5.73 Å². The maximum atomic E-state index is 11.2. The summed E-state index contributed by atoms with van der Waals surface area (Å²) in [4.78, 5) is 11.2. The fraction of sp³-hybridized carbons (Fsp3) is 0.923. The van der Waals surface area contributed by atoms with E-state index in [1.54, 1.807) is 0 Å². The number of carboxylic acids is 1. The minimum atomic E-state index is -1.03. The summed E-state index contributed by atoms with van der Waals surface area (Å²) in [7, 11) is 0. The fourth-order valence-electron chi connectivity index (χ4n) is 3.01. The molecule has 5 heteroatoms. The maximum absolute atomic E-state index is 11.2. The number of carbonyl (C=O) groups is 1. The molecule has 0 amide bonds. The van der Waals surface area contributed by atoms with Crippen LogP contribution in [0.1, 0.15) is 38.5 Å². The van der Waals surface area contributed by atoms with E-state index >= 15 is 0 Å². The predicted molar refractivity (Wildman–Crippen MR) is 66.3 cm³/mol. The molecule has 0 aromatic carbocycles. The van der Waals surface area contributed by atoms with Gasteiger partial charge in [0.1, 0.15) is 5.54 Å². The molecule has 1 aliphatic heterocycles. The van der Waals surface area contributed by atoms with Gasteiger partial charge in [0.05, 0.1) is 6.10 Å². The Morgan fingerprint density at radius 1 is 1.39 bits per heavy atom. The van der Waals surface area contributed by atoms with Crippen molar-refractivity contribution in [3.05, 3.63) is 0 Å². The molecule has 0 spiro atoms. The second kappa shape index (κ2) is 5.99. The lowest BCUT2D eigenvalue weighted by Gasteiger charge is -2.28. The van der Waals surface area contributed by atoms with E-state index in [9.17, 15) is 9.90 Å². The molecular weight excluding hydrogens is 234 g/mol. The second-order valence-electron chi connectivity index (χ2n) is 5.41. The smallest absolute Gasteiger partial charge is 0.323 e. The van der Waals surface area contributed by atoms with Gasteiger partial charge in [0.15, 0.2) is 0 Å². The first kappa shape index (κ1) is 13.8. The van der Waals surface area contributed by atoms with Crippen molar-refractivity contribution < 1.29 is 19.4 Å². The average molecular weight is 257 g/mol. The van der Waals surface area contributed by atoms with Gasteiger partial charge >= 0.3 is 5.97 Å². The van der Waals surface area contributed by atoms with Crippen molar-refractivity contribution in [3.63, 3.8) is 0 Å². The van der Waals surface area contributed by atoms with E-state index in [0.29, 0.717) is 13.0 Å². The molecule has 2 fully saturated rings. The van der Waals surface area contributed by atoms with E-state index in [2.05, 4.69) is 0 Å². The van der Waals surface area contributed by atoms with Gasteiger partial charge in [-0.05, 0) is 38.0 Å². The zero-order valence-electron chi connectivity index (χ0n) is 10.8. The van der Waals surface area contributed by atoms with Crippen LogP contribution in [0.15, 0.2) is 0 Å². The van der Waals surface area contributed by atoms with Crippen LogP contribution in [0, 0.1) is 5.92 Å². The number of ether oxygens (including phenoxy) is 2.